The van der Waals surface area contributed by atoms with E-state index in [1.165, 1.54) is 24.3 Å². The molecule has 1 amide bonds. The molecule has 0 unspecified atom stereocenters. The fourth-order valence-electron chi connectivity index (χ4n) is 1.50. The number of hydrogen-bond donors (Lipinski definition) is 2. The van der Waals surface area contributed by atoms with Crippen molar-refractivity contribution in [2.75, 3.05) is 11.1 Å². The van der Waals surface area contributed by atoms with Crippen LogP contribution in [0.5, 0.6) is 0 Å². The van der Waals surface area contributed by atoms with E-state index in [0.29, 0.717) is 11.4 Å². The number of halogens is 3. The summed E-state index contributed by atoms with van der Waals surface area (Å²) in [6.07, 6.45) is 0. The molecule has 3 N–H and O–H groups in total. The van der Waals surface area contributed by atoms with Crippen LogP contribution in [0.4, 0.5) is 15.8 Å². The lowest BCUT2D eigenvalue weighted by molar-refractivity contribution is 0.102. The summed E-state index contributed by atoms with van der Waals surface area (Å²) in [5, 5.41) is 2.92. The van der Waals surface area contributed by atoms with Crippen LogP contribution in [0.2, 0.25) is 10.0 Å². The molecule has 0 bridgehead atoms. The molecule has 0 aliphatic rings. The molecule has 2 rings (SSSR count). The first kappa shape index (κ1) is 13.6. The van der Waals surface area contributed by atoms with Crippen molar-refractivity contribution in [2.24, 2.45) is 0 Å². The van der Waals surface area contributed by atoms with E-state index in [4.69, 9.17) is 28.9 Å². The van der Waals surface area contributed by atoms with Crippen LogP contribution in [-0.4, -0.2) is 5.91 Å². The largest absolute Gasteiger partial charge is 0.399 e. The zero-order valence-electron chi connectivity index (χ0n) is 9.58. The first-order valence-electron chi connectivity index (χ1n) is 5.29. The van der Waals surface area contributed by atoms with Gasteiger partial charge < -0.3 is 11.1 Å². The fraction of sp³-hybridized carbons (Fsp3) is 0. The number of carbonyl (C=O) groups excluding carboxylic acids is 1. The van der Waals surface area contributed by atoms with E-state index >= 15 is 0 Å². The molecule has 0 aliphatic heterocycles. The molecule has 19 heavy (non-hydrogen) atoms. The van der Waals surface area contributed by atoms with E-state index < -0.39 is 11.7 Å². The van der Waals surface area contributed by atoms with Gasteiger partial charge in [-0.05, 0) is 36.4 Å². The summed E-state index contributed by atoms with van der Waals surface area (Å²) in [7, 11) is 0. The van der Waals surface area contributed by atoms with Crippen molar-refractivity contribution < 1.29 is 9.18 Å². The van der Waals surface area contributed by atoms with Crippen LogP contribution < -0.4 is 11.1 Å². The Labute approximate surface area is 119 Å². The molecule has 6 heteroatoms. The second-order valence-electron chi connectivity index (χ2n) is 3.82. The molecule has 98 valence electrons. The summed E-state index contributed by atoms with van der Waals surface area (Å²) < 4.78 is 12.9. The Morgan fingerprint density at radius 3 is 2.53 bits per heavy atom. The number of amides is 1. The zero-order chi connectivity index (χ0) is 14.0. The minimum atomic E-state index is -0.481. The van der Waals surface area contributed by atoms with Crippen molar-refractivity contribution in [3.8, 4) is 0 Å². The van der Waals surface area contributed by atoms with Gasteiger partial charge in [-0.2, -0.15) is 0 Å². The van der Waals surface area contributed by atoms with Gasteiger partial charge in [0, 0.05) is 5.69 Å². The van der Waals surface area contributed by atoms with Crippen molar-refractivity contribution in [2.45, 2.75) is 0 Å². The number of rotatable bonds is 2. The zero-order valence-corrected chi connectivity index (χ0v) is 11.1. The summed E-state index contributed by atoms with van der Waals surface area (Å²) >= 11 is 11.7. The quantitative estimate of drug-likeness (QED) is 0.824. The highest BCUT2D eigenvalue weighted by Crippen LogP contribution is 2.25. The van der Waals surface area contributed by atoms with Crippen molar-refractivity contribution in [1.29, 1.82) is 0 Å². The van der Waals surface area contributed by atoms with Crippen molar-refractivity contribution in [3.63, 3.8) is 0 Å². The summed E-state index contributed by atoms with van der Waals surface area (Å²) in [6, 6.07) is 8.24. The van der Waals surface area contributed by atoms with Crippen molar-refractivity contribution in [1.82, 2.24) is 0 Å². The lowest BCUT2D eigenvalue weighted by Crippen LogP contribution is -2.13. The molecule has 0 fully saturated rings. The third kappa shape index (κ3) is 3.16. The predicted molar refractivity (Wildman–Crippen MR) is 75.2 cm³/mol. The van der Waals surface area contributed by atoms with Crippen LogP contribution in [0, 0.1) is 5.82 Å². The molecule has 0 atom stereocenters. The Bertz CT molecular complexity index is 647. The van der Waals surface area contributed by atoms with E-state index in [1.54, 1.807) is 6.07 Å². The van der Waals surface area contributed by atoms with Crippen LogP contribution in [0.3, 0.4) is 0 Å². The van der Waals surface area contributed by atoms with E-state index in [9.17, 15) is 9.18 Å². The van der Waals surface area contributed by atoms with Crippen LogP contribution in [0.1, 0.15) is 10.4 Å². The van der Waals surface area contributed by atoms with Crippen LogP contribution >= 0.6 is 23.2 Å². The first-order valence-corrected chi connectivity index (χ1v) is 6.04. The number of nitrogens with one attached hydrogen (secondary N) is 1. The van der Waals surface area contributed by atoms with Gasteiger partial charge in [0.2, 0.25) is 0 Å². The van der Waals surface area contributed by atoms with Gasteiger partial charge in [0.05, 0.1) is 21.3 Å². The fourth-order valence-corrected chi connectivity index (χ4v) is 1.92. The Hall–Kier alpha value is -1.78. The van der Waals surface area contributed by atoms with Crippen LogP contribution in [0.15, 0.2) is 36.4 Å². The van der Waals surface area contributed by atoms with Gasteiger partial charge in [-0.25, -0.2) is 4.39 Å². The minimum Gasteiger partial charge on any atom is -0.399 e. The third-order valence-electron chi connectivity index (χ3n) is 2.41. The number of nitrogens with two attached hydrogens (primary N) is 1. The molecule has 0 saturated heterocycles. The normalized spacial score (nSPS) is 10.3. The average molecular weight is 299 g/mol. The maximum absolute atomic E-state index is 12.9. The van der Waals surface area contributed by atoms with Gasteiger partial charge in [-0.15, -0.1) is 0 Å². The Kier molecular flexibility index (Phi) is 3.93. The number of nitrogen functional groups attached to an aromatic ring is 1. The first-order chi connectivity index (χ1) is 8.97. The second-order valence-corrected chi connectivity index (χ2v) is 4.63. The molecular weight excluding hydrogens is 290 g/mol. The number of carbonyl (C=O) groups is 1. The van der Waals surface area contributed by atoms with Gasteiger partial charge in [-0.3, -0.25) is 4.79 Å². The molecule has 2 aromatic carbocycles. The average Bonchev–Trinajstić information content (AvgIpc) is 2.35. The Balaban J connectivity index is 2.28. The molecule has 0 aromatic heterocycles. The number of benzene rings is 2. The topological polar surface area (TPSA) is 55.1 Å². The SMILES string of the molecule is Nc1ccc(Cl)c(C(=O)Nc2ccc(F)cc2Cl)c1. The molecule has 0 radical (unpaired) electrons. The standard InChI is InChI=1S/C13H9Cl2FN2O/c14-10-3-2-8(17)6-9(10)13(19)18-12-4-1-7(16)5-11(12)15/h1-6H,17H2,(H,18,19). The van der Waals surface area contributed by atoms with Crippen LogP contribution in [0.25, 0.3) is 0 Å². The Morgan fingerprint density at radius 1 is 1.11 bits per heavy atom. The van der Waals surface area contributed by atoms with Gasteiger partial charge >= 0.3 is 0 Å². The predicted octanol–water partition coefficient (Wildman–Crippen LogP) is 3.97. The van der Waals surface area contributed by atoms with Crippen LogP contribution in [-0.2, 0) is 0 Å². The van der Waals surface area contributed by atoms with E-state index in [-0.39, 0.29) is 15.6 Å². The highest BCUT2D eigenvalue weighted by molar-refractivity contribution is 6.36. The monoisotopic (exact) mass is 298 g/mol. The van der Waals surface area contributed by atoms with Gasteiger partial charge in [-0.1, -0.05) is 23.2 Å². The minimum absolute atomic E-state index is 0.105. The van der Waals surface area contributed by atoms with Crippen molar-refractivity contribution >= 4 is 40.5 Å². The summed E-state index contributed by atoms with van der Waals surface area (Å²) in [6.45, 7) is 0. The van der Waals surface area contributed by atoms with Gasteiger partial charge in [0.25, 0.3) is 5.91 Å². The summed E-state index contributed by atoms with van der Waals surface area (Å²) in [5.74, 6) is -0.948. The maximum Gasteiger partial charge on any atom is 0.257 e. The lowest BCUT2D eigenvalue weighted by atomic mass is 10.2. The second kappa shape index (κ2) is 5.47. The van der Waals surface area contributed by atoms with Crippen molar-refractivity contribution in [3.05, 3.63) is 57.8 Å². The third-order valence-corrected chi connectivity index (χ3v) is 3.06. The highest BCUT2D eigenvalue weighted by Gasteiger charge is 2.12. The maximum atomic E-state index is 12.9. The molecule has 3 nitrogen and oxygen atoms in total. The molecule has 0 aliphatic carbocycles. The number of anilines is 2. The Morgan fingerprint density at radius 2 is 1.84 bits per heavy atom. The summed E-state index contributed by atoms with van der Waals surface area (Å²) in [4.78, 5) is 12.0. The number of hydrogen-bond acceptors (Lipinski definition) is 2. The highest BCUT2D eigenvalue weighted by atomic mass is 35.5. The molecule has 0 spiro atoms. The van der Waals surface area contributed by atoms with Gasteiger partial charge in [0.1, 0.15) is 5.82 Å². The molecule has 0 heterocycles. The lowest BCUT2D eigenvalue weighted by Gasteiger charge is -2.09. The molecule has 0 saturated carbocycles. The van der Waals surface area contributed by atoms with E-state index in [0.717, 1.165) is 6.07 Å². The molecule has 2 aromatic rings. The smallest absolute Gasteiger partial charge is 0.257 e. The van der Waals surface area contributed by atoms with E-state index in [1.807, 2.05) is 0 Å². The molecular formula is C13H9Cl2FN2O. The van der Waals surface area contributed by atoms with Gasteiger partial charge in [0.15, 0.2) is 0 Å². The summed E-state index contributed by atoms with van der Waals surface area (Å²) in [5.41, 5.74) is 6.53. The van der Waals surface area contributed by atoms with E-state index in [2.05, 4.69) is 5.32 Å².